The predicted octanol–water partition coefficient (Wildman–Crippen LogP) is 4.62. The summed E-state index contributed by atoms with van der Waals surface area (Å²) in [6, 6.07) is 13.9. The van der Waals surface area contributed by atoms with Gasteiger partial charge in [-0.3, -0.25) is 0 Å². The van der Waals surface area contributed by atoms with Crippen molar-refractivity contribution in [2.75, 3.05) is 5.73 Å². The normalized spacial score (nSPS) is 9.19. The van der Waals surface area contributed by atoms with Gasteiger partial charge in [0.05, 0.1) is 0 Å². The van der Waals surface area contributed by atoms with Crippen molar-refractivity contribution in [2.24, 2.45) is 0 Å². The van der Waals surface area contributed by atoms with Gasteiger partial charge in [-0.2, -0.15) is 0 Å². The number of anilines is 1. The molecule has 0 saturated carbocycles. The van der Waals surface area contributed by atoms with Crippen molar-refractivity contribution in [3.63, 3.8) is 0 Å². The molecule has 0 saturated heterocycles. The number of nitrogen functional groups attached to an aromatic ring is 1. The molecule has 0 fully saturated rings. The van der Waals surface area contributed by atoms with Crippen molar-refractivity contribution in [1.82, 2.24) is 0 Å². The van der Waals surface area contributed by atoms with E-state index in [0.717, 1.165) is 14.6 Å². The first-order chi connectivity index (χ1) is 7.59. The molecule has 2 rings (SSSR count). The van der Waals surface area contributed by atoms with Crippen LogP contribution in [0.15, 0.2) is 57.5 Å². The third-order valence-electron chi connectivity index (χ3n) is 1.68. The number of hydrogen-bond acceptors (Lipinski definition) is 1. The topological polar surface area (TPSA) is 26.0 Å². The van der Waals surface area contributed by atoms with Gasteiger partial charge in [-0.15, -0.1) is 0 Å². The van der Waals surface area contributed by atoms with E-state index in [9.17, 15) is 4.39 Å². The minimum absolute atomic E-state index is 0.231. The van der Waals surface area contributed by atoms with Crippen molar-refractivity contribution in [3.8, 4) is 0 Å². The summed E-state index contributed by atoms with van der Waals surface area (Å²) >= 11 is 6.37. The Morgan fingerprint density at radius 1 is 0.875 bits per heavy atom. The molecule has 0 unspecified atom stereocenters. The molecule has 1 nitrogen and oxygen atoms in total. The third-order valence-corrected chi connectivity index (χ3v) is 3.56. The Morgan fingerprint density at radius 2 is 1.50 bits per heavy atom. The lowest BCUT2D eigenvalue weighted by atomic mass is 10.3. The highest BCUT2D eigenvalue weighted by atomic mass is 79.9. The summed E-state index contributed by atoms with van der Waals surface area (Å²) in [6.45, 7) is 0. The van der Waals surface area contributed by atoms with E-state index in [4.69, 9.17) is 5.73 Å². The highest BCUT2D eigenvalue weighted by molar-refractivity contribution is 9.13. The fourth-order valence-corrected chi connectivity index (χ4v) is 1.52. The Hall–Kier alpha value is -0.870. The van der Waals surface area contributed by atoms with Gasteiger partial charge >= 0.3 is 0 Å². The van der Waals surface area contributed by atoms with Gasteiger partial charge in [0, 0.05) is 14.6 Å². The van der Waals surface area contributed by atoms with Gasteiger partial charge < -0.3 is 5.73 Å². The molecule has 2 aromatic rings. The lowest BCUT2D eigenvalue weighted by molar-refractivity contribution is 0.626. The predicted molar refractivity (Wildman–Crippen MR) is 72.7 cm³/mol. The quantitative estimate of drug-likeness (QED) is 0.546. The van der Waals surface area contributed by atoms with Gasteiger partial charge in [0.1, 0.15) is 5.82 Å². The number of nitrogens with two attached hydrogens (primary N) is 1. The average molecular weight is 347 g/mol. The largest absolute Gasteiger partial charge is 0.399 e. The summed E-state index contributed by atoms with van der Waals surface area (Å²) in [6.07, 6.45) is 0. The molecule has 0 radical (unpaired) electrons. The van der Waals surface area contributed by atoms with Crippen LogP contribution in [0.2, 0.25) is 0 Å². The second kappa shape index (κ2) is 6.66. The van der Waals surface area contributed by atoms with Gasteiger partial charge in [0.2, 0.25) is 0 Å². The standard InChI is InChI=1S/C6H3Br2F.C6H7N/c7-5-2-1-4(9)3-6(5)8;7-6-4-2-1-3-5-6/h1-3H;1-5H,7H2. The van der Waals surface area contributed by atoms with E-state index in [-0.39, 0.29) is 5.82 Å². The molecule has 0 aromatic heterocycles. The highest BCUT2D eigenvalue weighted by Crippen LogP contribution is 2.22. The lowest BCUT2D eigenvalue weighted by Crippen LogP contribution is -1.79. The van der Waals surface area contributed by atoms with Crippen LogP contribution in [-0.2, 0) is 0 Å². The number of rotatable bonds is 0. The number of halogens is 3. The van der Waals surface area contributed by atoms with Crippen molar-refractivity contribution in [3.05, 3.63) is 63.3 Å². The Kier molecular flexibility index (Phi) is 5.49. The second-order valence-electron chi connectivity index (χ2n) is 2.97. The van der Waals surface area contributed by atoms with Crippen LogP contribution < -0.4 is 5.73 Å². The molecule has 84 valence electrons. The fourth-order valence-electron chi connectivity index (χ4n) is 0.924. The van der Waals surface area contributed by atoms with E-state index in [2.05, 4.69) is 31.9 Å². The third kappa shape index (κ3) is 4.77. The smallest absolute Gasteiger partial charge is 0.124 e. The van der Waals surface area contributed by atoms with Gasteiger partial charge in [-0.25, -0.2) is 4.39 Å². The van der Waals surface area contributed by atoms with Gasteiger partial charge in [0.25, 0.3) is 0 Å². The first-order valence-electron chi connectivity index (χ1n) is 4.50. The molecule has 0 spiro atoms. The molecule has 0 aliphatic carbocycles. The molecule has 0 heterocycles. The summed E-state index contributed by atoms with van der Waals surface area (Å²) in [7, 11) is 0. The van der Waals surface area contributed by atoms with Crippen LogP contribution in [0.25, 0.3) is 0 Å². The highest BCUT2D eigenvalue weighted by Gasteiger charge is 1.95. The van der Waals surface area contributed by atoms with Crippen LogP contribution in [-0.4, -0.2) is 0 Å². The minimum atomic E-state index is -0.231. The van der Waals surface area contributed by atoms with Crippen LogP contribution in [0.1, 0.15) is 0 Å². The molecule has 0 amide bonds. The van der Waals surface area contributed by atoms with E-state index >= 15 is 0 Å². The molecule has 0 aliphatic rings. The number of hydrogen-bond donors (Lipinski definition) is 1. The minimum Gasteiger partial charge on any atom is -0.399 e. The van der Waals surface area contributed by atoms with Crippen molar-refractivity contribution in [1.29, 1.82) is 0 Å². The van der Waals surface area contributed by atoms with Gasteiger partial charge in [-0.05, 0) is 62.2 Å². The van der Waals surface area contributed by atoms with Crippen LogP contribution >= 0.6 is 31.9 Å². The molecule has 16 heavy (non-hydrogen) atoms. The summed E-state index contributed by atoms with van der Waals surface area (Å²) in [5.74, 6) is -0.231. The van der Waals surface area contributed by atoms with E-state index < -0.39 is 0 Å². The van der Waals surface area contributed by atoms with Crippen LogP contribution in [0, 0.1) is 5.82 Å². The van der Waals surface area contributed by atoms with E-state index in [1.165, 1.54) is 12.1 Å². The summed E-state index contributed by atoms with van der Waals surface area (Å²) < 4.78 is 13.9. The molecule has 0 bridgehead atoms. The summed E-state index contributed by atoms with van der Waals surface area (Å²) in [5, 5.41) is 0. The van der Waals surface area contributed by atoms with E-state index in [1.54, 1.807) is 6.07 Å². The average Bonchev–Trinajstić information content (AvgIpc) is 2.26. The SMILES string of the molecule is Fc1ccc(Br)c(Br)c1.Nc1ccccc1. The fraction of sp³-hybridized carbons (Fsp3) is 0. The molecule has 0 aliphatic heterocycles. The molecular formula is C12H10Br2FN. The second-order valence-corrected chi connectivity index (χ2v) is 4.68. The monoisotopic (exact) mass is 345 g/mol. The Balaban J connectivity index is 0.000000165. The summed E-state index contributed by atoms with van der Waals surface area (Å²) in [5.41, 5.74) is 6.18. The molecule has 2 N–H and O–H groups in total. The van der Waals surface area contributed by atoms with Crippen molar-refractivity contribution in [2.45, 2.75) is 0 Å². The van der Waals surface area contributed by atoms with Gasteiger partial charge in [0.15, 0.2) is 0 Å². The first-order valence-corrected chi connectivity index (χ1v) is 6.09. The molecule has 0 atom stereocenters. The van der Waals surface area contributed by atoms with Crippen molar-refractivity contribution < 1.29 is 4.39 Å². The zero-order valence-electron chi connectivity index (χ0n) is 8.33. The van der Waals surface area contributed by atoms with Crippen LogP contribution in [0.4, 0.5) is 10.1 Å². The zero-order chi connectivity index (χ0) is 12.0. The van der Waals surface area contributed by atoms with Crippen LogP contribution in [0.3, 0.4) is 0 Å². The maximum absolute atomic E-state index is 12.3. The number of benzene rings is 2. The molecule has 2 aromatic carbocycles. The number of para-hydroxylation sites is 1. The summed E-state index contributed by atoms with van der Waals surface area (Å²) in [4.78, 5) is 0. The van der Waals surface area contributed by atoms with E-state index in [0.29, 0.717) is 0 Å². The Morgan fingerprint density at radius 3 is 1.88 bits per heavy atom. The van der Waals surface area contributed by atoms with E-state index in [1.807, 2.05) is 30.3 Å². The maximum Gasteiger partial charge on any atom is 0.124 e. The molecular weight excluding hydrogens is 337 g/mol. The maximum atomic E-state index is 12.3. The Bertz CT molecular complexity index is 446. The van der Waals surface area contributed by atoms with Gasteiger partial charge in [-0.1, -0.05) is 18.2 Å². The Labute approximate surface area is 111 Å². The first kappa shape index (κ1) is 13.2. The lowest BCUT2D eigenvalue weighted by Gasteiger charge is -1.92. The van der Waals surface area contributed by atoms with Crippen LogP contribution in [0.5, 0.6) is 0 Å². The zero-order valence-corrected chi connectivity index (χ0v) is 11.5. The van der Waals surface area contributed by atoms with Crippen molar-refractivity contribution >= 4 is 37.5 Å². The molecule has 4 heteroatoms.